The molecule has 0 spiro atoms. The maximum Gasteiger partial charge on any atom is 0.257 e. The van der Waals surface area contributed by atoms with Crippen LogP contribution in [0.3, 0.4) is 0 Å². The van der Waals surface area contributed by atoms with Crippen molar-refractivity contribution in [3.63, 3.8) is 0 Å². The third-order valence-electron chi connectivity index (χ3n) is 3.60. The van der Waals surface area contributed by atoms with Gasteiger partial charge in [-0.05, 0) is 24.6 Å². The first-order valence-corrected chi connectivity index (χ1v) is 7.44. The molecule has 0 aliphatic carbocycles. The maximum absolute atomic E-state index is 12.1. The molecule has 0 fully saturated rings. The molecule has 19 heavy (non-hydrogen) atoms. The summed E-state index contributed by atoms with van der Waals surface area (Å²) in [6.07, 6.45) is 4.14. The molecule has 0 aromatic carbocycles. The van der Waals surface area contributed by atoms with E-state index in [0.29, 0.717) is 4.77 Å². The van der Waals surface area contributed by atoms with Crippen molar-refractivity contribution in [2.24, 2.45) is 5.92 Å². The van der Waals surface area contributed by atoms with Gasteiger partial charge in [-0.15, -0.1) is 0 Å². The quantitative estimate of drug-likeness (QED) is 0.833. The largest absolute Gasteiger partial charge is 0.369 e. The molecule has 1 aromatic heterocycles. The van der Waals surface area contributed by atoms with Crippen LogP contribution in [0.15, 0.2) is 4.79 Å². The van der Waals surface area contributed by atoms with Crippen molar-refractivity contribution in [2.75, 3.05) is 0 Å². The number of unbranched alkanes of at least 4 members (excludes halogenated alkanes) is 1. The van der Waals surface area contributed by atoms with Crippen LogP contribution in [-0.4, -0.2) is 16.1 Å². The lowest BCUT2D eigenvalue weighted by Crippen LogP contribution is -2.35. The van der Waals surface area contributed by atoms with Gasteiger partial charge in [0, 0.05) is 12.1 Å². The minimum Gasteiger partial charge on any atom is -0.369 e. The summed E-state index contributed by atoms with van der Waals surface area (Å²) in [6, 6.07) is 0. The summed E-state index contributed by atoms with van der Waals surface area (Å²) in [5, 5.41) is 0. The number of H-pyrrole nitrogens is 2. The van der Waals surface area contributed by atoms with Crippen molar-refractivity contribution in [2.45, 2.75) is 58.7 Å². The summed E-state index contributed by atoms with van der Waals surface area (Å²) in [5.74, 6) is 0.272. The van der Waals surface area contributed by atoms with Crippen LogP contribution < -0.4 is 5.56 Å². The number of hydrogen-bond donors (Lipinski definition) is 2. The minimum absolute atomic E-state index is 0.105. The first-order chi connectivity index (χ1) is 9.02. The highest BCUT2D eigenvalue weighted by molar-refractivity contribution is 7.71. The highest BCUT2D eigenvalue weighted by Crippen LogP contribution is 2.33. The molecule has 4 nitrogen and oxygen atoms in total. The maximum atomic E-state index is 12.1. The summed E-state index contributed by atoms with van der Waals surface area (Å²) in [6.45, 7) is 6.34. The lowest BCUT2D eigenvalue weighted by Gasteiger charge is -2.33. The summed E-state index contributed by atoms with van der Waals surface area (Å²) in [5.41, 5.74) is 1.59. The molecule has 1 aliphatic rings. The number of fused-ring (bicyclic) bond motifs is 1. The molecule has 106 valence electrons. The van der Waals surface area contributed by atoms with Crippen LogP contribution in [0.2, 0.25) is 0 Å². The van der Waals surface area contributed by atoms with Crippen molar-refractivity contribution in [1.29, 1.82) is 0 Å². The number of aromatic amines is 2. The smallest absolute Gasteiger partial charge is 0.257 e. The van der Waals surface area contributed by atoms with Gasteiger partial charge in [-0.3, -0.25) is 9.78 Å². The van der Waals surface area contributed by atoms with Crippen molar-refractivity contribution < 1.29 is 4.74 Å². The van der Waals surface area contributed by atoms with E-state index < -0.39 is 0 Å². The van der Waals surface area contributed by atoms with E-state index in [1.165, 1.54) is 0 Å². The van der Waals surface area contributed by atoms with E-state index in [0.717, 1.165) is 36.9 Å². The van der Waals surface area contributed by atoms with E-state index in [9.17, 15) is 4.79 Å². The Morgan fingerprint density at radius 1 is 1.42 bits per heavy atom. The van der Waals surface area contributed by atoms with Crippen molar-refractivity contribution in [3.8, 4) is 0 Å². The van der Waals surface area contributed by atoms with Gasteiger partial charge < -0.3 is 9.72 Å². The number of nitrogens with one attached hydrogen (secondary N) is 2. The molecule has 2 unspecified atom stereocenters. The third kappa shape index (κ3) is 3.15. The average molecular weight is 282 g/mol. The Bertz CT molecular complexity index is 547. The fourth-order valence-electron chi connectivity index (χ4n) is 2.65. The van der Waals surface area contributed by atoms with Gasteiger partial charge in [0.25, 0.3) is 5.56 Å². The molecule has 2 rings (SSSR count). The highest BCUT2D eigenvalue weighted by atomic mass is 32.1. The van der Waals surface area contributed by atoms with E-state index in [1.807, 2.05) is 0 Å². The third-order valence-corrected chi connectivity index (χ3v) is 3.81. The number of ether oxygens (including phenoxy) is 1. The Balaban J connectivity index is 2.38. The molecule has 5 heteroatoms. The second-order valence-electron chi connectivity index (χ2n) is 5.57. The van der Waals surface area contributed by atoms with Gasteiger partial charge in [0.1, 0.15) is 0 Å². The van der Waals surface area contributed by atoms with Crippen LogP contribution in [0.5, 0.6) is 0 Å². The van der Waals surface area contributed by atoms with E-state index in [2.05, 4.69) is 30.7 Å². The summed E-state index contributed by atoms with van der Waals surface area (Å²) >= 11 is 5.06. The van der Waals surface area contributed by atoms with Gasteiger partial charge >= 0.3 is 0 Å². The highest BCUT2D eigenvalue weighted by Gasteiger charge is 2.32. The summed E-state index contributed by atoms with van der Waals surface area (Å²) in [4.78, 5) is 17.9. The minimum atomic E-state index is -0.138. The van der Waals surface area contributed by atoms with Crippen LogP contribution in [-0.2, 0) is 11.2 Å². The van der Waals surface area contributed by atoms with Gasteiger partial charge in [0.2, 0.25) is 0 Å². The van der Waals surface area contributed by atoms with E-state index in [4.69, 9.17) is 17.0 Å². The topological polar surface area (TPSA) is 57.9 Å². The van der Waals surface area contributed by atoms with Crippen molar-refractivity contribution in [1.82, 2.24) is 9.97 Å². The molecule has 2 atom stereocenters. The molecule has 2 heterocycles. The fourth-order valence-corrected chi connectivity index (χ4v) is 2.86. The molecule has 0 bridgehead atoms. The zero-order chi connectivity index (χ0) is 14.0. The number of hydrogen-bond acceptors (Lipinski definition) is 3. The van der Waals surface area contributed by atoms with Gasteiger partial charge in [-0.2, -0.15) is 0 Å². The van der Waals surface area contributed by atoms with Gasteiger partial charge in [0.05, 0.1) is 17.8 Å². The molecule has 2 N–H and O–H groups in total. The van der Waals surface area contributed by atoms with E-state index in [1.54, 1.807) is 0 Å². The Kier molecular flexibility index (Phi) is 4.58. The molecule has 1 aliphatic heterocycles. The zero-order valence-corrected chi connectivity index (χ0v) is 12.6. The van der Waals surface area contributed by atoms with Crippen LogP contribution in [0.1, 0.15) is 57.4 Å². The van der Waals surface area contributed by atoms with E-state index >= 15 is 0 Å². The SMILES string of the molecule is CCCCC1Cc2[nH]c(=S)[nH]c(=O)c2C(C(C)C)O1. The van der Waals surface area contributed by atoms with Crippen molar-refractivity contribution in [3.05, 3.63) is 26.4 Å². The predicted octanol–water partition coefficient (Wildman–Crippen LogP) is 3.26. The van der Waals surface area contributed by atoms with Crippen LogP contribution >= 0.6 is 12.2 Å². The monoisotopic (exact) mass is 282 g/mol. The number of rotatable bonds is 4. The molecular weight excluding hydrogens is 260 g/mol. The van der Waals surface area contributed by atoms with Crippen LogP contribution in [0, 0.1) is 10.7 Å². The van der Waals surface area contributed by atoms with E-state index in [-0.39, 0.29) is 23.7 Å². The van der Waals surface area contributed by atoms with Gasteiger partial charge in [0.15, 0.2) is 4.77 Å². The normalized spacial score (nSPS) is 22.5. The second kappa shape index (κ2) is 6.01. The first-order valence-electron chi connectivity index (χ1n) is 7.03. The van der Waals surface area contributed by atoms with Gasteiger partial charge in [-0.1, -0.05) is 33.6 Å². The summed E-state index contributed by atoms with van der Waals surface area (Å²) in [7, 11) is 0. The van der Waals surface area contributed by atoms with Crippen LogP contribution in [0.4, 0.5) is 0 Å². The molecule has 0 saturated heterocycles. The lowest BCUT2D eigenvalue weighted by molar-refractivity contribution is -0.0552. The number of aromatic nitrogens is 2. The zero-order valence-electron chi connectivity index (χ0n) is 11.8. The Morgan fingerprint density at radius 3 is 2.79 bits per heavy atom. The average Bonchev–Trinajstić information content (AvgIpc) is 2.34. The Labute approximate surface area is 118 Å². The molecule has 0 radical (unpaired) electrons. The molecular formula is C14H22N2O2S. The fraction of sp³-hybridized carbons (Fsp3) is 0.714. The Hall–Kier alpha value is -0.940. The standard InChI is InChI=1S/C14H22N2O2S/c1-4-5-6-9-7-10-11(12(18-9)8(2)3)13(17)16-14(19)15-10/h8-9,12H,4-7H2,1-3H3,(H2,15,16,17,19). The van der Waals surface area contributed by atoms with Crippen molar-refractivity contribution >= 4 is 12.2 Å². The van der Waals surface area contributed by atoms with Gasteiger partial charge in [-0.25, -0.2) is 0 Å². The predicted molar refractivity (Wildman–Crippen MR) is 77.9 cm³/mol. The lowest BCUT2D eigenvalue weighted by atomic mass is 9.91. The second-order valence-corrected chi connectivity index (χ2v) is 5.98. The summed E-state index contributed by atoms with van der Waals surface area (Å²) < 4.78 is 6.53. The molecule has 0 amide bonds. The first kappa shape index (κ1) is 14.5. The molecule has 1 aromatic rings. The van der Waals surface area contributed by atoms with Crippen LogP contribution in [0.25, 0.3) is 0 Å². The Morgan fingerprint density at radius 2 is 2.16 bits per heavy atom. The molecule has 0 saturated carbocycles.